The molecule has 2 heterocycles. The van der Waals surface area contributed by atoms with E-state index in [4.69, 9.17) is 4.74 Å². The second-order valence-electron chi connectivity index (χ2n) is 6.37. The molecule has 0 bridgehead atoms. The highest BCUT2D eigenvalue weighted by Gasteiger charge is 2.29. The molecule has 1 aromatic heterocycles. The largest absolute Gasteiger partial charge is 0.497 e. The number of nitrogens with zero attached hydrogens (tertiary/aromatic N) is 3. The van der Waals surface area contributed by atoms with Gasteiger partial charge in [-0.05, 0) is 55.2 Å². The van der Waals surface area contributed by atoms with Crippen LogP contribution in [0.15, 0.2) is 42.5 Å². The zero-order valence-corrected chi connectivity index (χ0v) is 14.1. The molecule has 1 fully saturated rings. The molecule has 0 aliphatic carbocycles. The van der Waals surface area contributed by atoms with Crippen molar-refractivity contribution in [1.29, 1.82) is 0 Å². The van der Waals surface area contributed by atoms with Gasteiger partial charge in [0.1, 0.15) is 16.8 Å². The van der Waals surface area contributed by atoms with Crippen LogP contribution in [0.1, 0.15) is 28.8 Å². The molecule has 25 heavy (non-hydrogen) atoms. The minimum absolute atomic E-state index is 0.0703. The molecule has 1 aliphatic rings. The van der Waals surface area contributed by atoms with Gasteiger partial charge in [-0.15, -0.1) is 0 Å². The van der Waals surface area contributed by atoms with Crippen molar-refractivity contribution in [1.82, 2.24) is 20.3 Å². The molecule has 1 saturated heterocycles. The van der Waals surface area contributed by atoms with Crippen molar-refractivity contribution >= 4 is 16.9 Å². The van der Waals surface area contributed by atoms with Gasteiger partial charge >= 0.3 is 0 Å². The third-order valence-electron chi connectivity index (χ3n) is 4.83. The van der Waals surface area contributed by atoms with Crippen LogP contribution in [-0.4, -0.2) is 45.9 Å². The molecule has 1 amide bonds. The van der Waals surface area contributed by atoms with E-state index in [2.05, 4.69) is 27.5 Å². The van der Waals surface area contributed by atoms with Gasteiger partial charge in [0, 0.05) is 18.2 Å². The fourth-order valence-corrected chi connectivity index (χ4v) is 3.49. The Balaban J connectivity index is 1.52. The van der Waals surface area contributed by atoms with Crippen molar-refractivity contribution in [2.45, 2.75) is 25.3 Å². The number of hydrogen-bond donors (Lipinski definition) is 1. The van der Waals surface area contributed by atoms with Crippen LogP contribution in [0.4, 0.5) is 0 Å². The number of benzene rings is 2. The highest BCUT2D eigenvalue weighted by molar-refractivity contribution is 5.97. The molecule has 0 unspecified atom stereocenters. The summed E-state index contributed by atoms with van der Waals surface area (Å²) in [6, 6.07) is 13.8. The summed E-state index contributed by atoms with van der Waals surface area (Å²) in [6.45, 7) is 0.802. The first kappa shape index (κ1) is 15.6. The van der Waals surface area contributed by atoms with Crippen molar-refractivity contribution in [2.24, 2.45) is 0 Å². The Morgan fingerprint density at radius 1 is 1.20 bits per heavy atom. The Morgan fingerprint density at radius 2 is 2.00 bits per heavy atom. The van der Waals surface area contributed by atoms with Crippen LogP contribution in [0.2, 0.25) is 0 Å². The summed E-state index contributed by atoms with van der Waals surface area (Å²) in [5.41, 5.74) is 3.38. The Hall–Kier alpha value is -2.89. The molecule has 2 aromatic carbocycles. The molecule has 0 spiro atoms. The van der Waals surface area contributed by atoms with Gasteiger partial charge in [0.2, 0.25) is 0 Å². The van der Waals surface area contributed by atoms with Crippen LogP contribution in [0, 0.1) is 0 Å². The van der Waals surface area contributed by atoms with Gasteiger partial charge in [-0.1, -0.05) is 12.1 Å². The summed E-state index contributed by atoms with van der Waals surface area (Å²) >= 11 is 0. The van der Waals surface area contributed by atoms with Crippen LogP contribution >= 0.6 is 0 Å². The van der Waals surface area contributed by atoms with E-state index in [0.717, 1.165) is 42.6 Å². The molecular formula is C19H20N4O2. The van der Waals surface area contributed by atoms with E-state index in [1.165, 1.54) is 5.56 Å². The highest BCUT2D eigenvalue weighted by Crippen LogP contribution is 2.25. The summed E-state index contributed by atoms with van der Waals surface area (Å²) in [6.07, 6.45) is 2.94. The number of methoxy groups -OCH3 is 1. The lowest BCUT2D eigenvalue weighted by Crippen LogP contribution is -2.36. The topological polar surface area (TPSA) is 71.1 Å². The monoisotopic (exact) mass is 336 g/mol. The summed E-state index contributed by atoms with van der Waals surface area (Å²) < 4.78 is 5.21. The van der Waals surface area contributed by atoms with Crippen molar-refractivity contribution in [2.75, 3.05) is 13.7 Å². The SMILES string of the molecule is COc1ccc(C[C@@H]2CCCN2C(=O)c2ccc3n[nH]nc3c2)cc1. The highest BCUT2D eigenvalue weighted by atomic mass is 16.5. The maximum Gasteiger partial charge on any atom is 0.254 e. The number of nitrogens with one attached hydrogen (secondary N) is 1. The maximum absolute atomic E-state index is 13.0. The van der Waals surface area contributed by atoms with E-state index in [1.807, 2.05) is 35.2 Å². The minimum atomic E-state index is 0.0703. The van der Waals surface area contributed by atoms with Crippen LogP contribution in [-0.2, 0) is 6.42 Å². The number of carbonyl (C=O) groups excluding carboxylic acids is 1. The molecule has 0 saturated carbocycles. The first-order valence-corrected chi connectivity index (χ1v) is 8.49. The third-order valence-corrected chi connectivity index (χ3v) is 4.83. The third kappa shape index (κ3) is 3.07. The predicted molar refractivity (Wildman–Crippen MR) is 94.6 cm³/mol. The summed E-state index contributed by atoms with van der Waals surface area (Å²) in [7, 11) is 1.66. The first-order valence-electron chi connectivity index (χ1n) is 8.49. The van der Waals surface area contributed by atoms with Gasteiger partial charge < -0.3 is 9.64 Å². The van der Waals surface area contributed by atoms with E-state index in [-0.39, 0.29) is 11.9 Å². The number of aromatic nitrogens is 3. The van der Waals surface area contributed by atoms with Crippen molar-refractivity contribution in [3.05, 3.63) is 53.6 Å². The van der Waals surface area contributed by atoms with E-state index in [9.17, 15) is 4.79 Å². The predicted octanol–water partition coefficient (Wildman–Crippen LogP) is 2.81. The number of likely N-dealkylation sites (tertiary alicyclic amines) is 1. The molecule has 4 rings (SSSR count). The fourth-order valence-electron chi connectivity index (χ4n) is 3.49. The Bertz CT molecular complexity index is 888. The average Bonchev–Trinajstić information content (AvgIpc) is 3.30. The molecule has 1 N–H and O–H groups in total. The molecule has 1 atom stereocenters. The number of carbonyl (C=O) groups is 1. The van der Waals surface area contributed by atoms with Gasteiger partial charge in [0.05, 0.1) is 7.11 Å². The van der Waals surface area contributed by atoms with Crippen LogP contribution in [0.3, 0.4) is 0 Å². The van der Waals surface area contributed by atoms with Crippen molar-refractivity contribution < 1.29 is 9.53 Å². The smallest absolute Gasteiger partial charge is 0.254 e. The van der Waals surface area contributed by atoms with Crippen molar-refractivity contribution in [3.8, 4) is 5.75 Å². The number of H-pyrrole nitrogens is 1. The van der Waals surface area contributed by atoms with E-state index in [1.54, 1.807) is 7.11 Å². The van der Waals surface area contributed by atoms with Crippen LogP contribution < -0.4 is 4.74 Å². The molecular weight excluding hydrogens is 316 g/mol. The van der Waals surface area contributed by atoms with Gasteiger partial charge in [-0.3, -0.25) is 4.79 Å². The average molecular weight is 336 g/mol. The zero-order valence-electron chi connectivity index (χ0n) is 14.1. The van der Waals surface area contributed by atoms with Gasteiger partial charge in [0.15, 0.2) is 0 Å². The number of hydrogen-bond acceptors (Lipinski definition) is 4. The maximum atomic E-state index is 13.0. The summed E-state index contributed by atoms with van der Waals surface area (Å²) in [5.74, 6) is 0.921. The van der Waals surface area contributed by atoms with E-state index >= 15 is 0 Å². The Labute approximate surface area is 145 Å². The number of amides is 1. The van der Waals surface area contributed by atoms with Gasteiger partial charge in [-0.25, -0.2) is 0 Å². The second-order valence-corrected chi connectivity index (χ2v) is 6.37. The van der Waals surface area contributed by atoms with Crippen molar-refractivity contribution in [3.63, 3.8) is 0 Å². The van der Waals surface area contributed by atoms with Gasteiger partial charge in [-0.2, -0.15) is 15.4 Å². The number of ether oxygens (including phenoxy) is 1. The molecule has 3 aromatic rings. The molecule has 1 aliphatic heterocycles. The molecule has 6 nitrogen and oxygen atoms in total. The second kappa shape index (κ2) is 6.55. The quantitative estimate of drug-likeness (QED) is 0.795. The van der Waals surface area contributed by atoms with E-state index in [0.29, 0.717) is 5.56 Å². The van der Waals surface area contributed by atoms with Gasteiger partial charge in [0.25, 0.3) is 5.91 Å². The number of fused-ring (bicyclic) bond motifs is 1. The summed E-state index contributed by atoms with van der Waals surface area (Å²) in [5, 5.41) is 10.7. The summed E-state index contributed by atoms with van der Waals surface area (Å²) in [4.78, 5) is 15.0. The van der Waals surface area contributed by atoms with Crippen LogP contribution in [0.25, 0.3) is 11.0 Å². The fraction of sp³-hybridized carbons (Fsp3) is 0.316. The number of rotatable bonds is 4. The first-order chi connectivity index (χ1) is 12.2. The lowest BCUT2D eigenvalue weighted by molar-refractivity contribution is 0.0736. The lowest BCUT2D eigenvalue weighted by Gasteiger charge is -2.25. The molecule has 0 radical (unpaired) electrons. The Morgan fingerprint density at radius 3 is 2.80 bits per heavy atom. The number of aromatic amines is 1. The van der Waals surface area contributed by atoms with Crippen LogP contribution in [0.5, 0.6) is 5.75 Å². The van der Waals surface area contributed by atoms with E-state index < -0.39 is 0 Å². The normalized spacial score (nSPS) is 17.2. The standard InChI is InChI=1S/C19H20N4O2/c1-25-16-7-4-13(5-8-16)11-15-3-2-10-23(15)19(24)14-6-9-17-18(12-14)21-22-20-17/h4-9,12,15H,2-3,10-11H2,1H3,(H,20,21,22)/t15-/m0/s1. The zero-order chi connectivity index (χ0) is 17.2. The minimum Gasteiger partial charge on any atom is -0.497 e. The Kier molecular flexibility index (Phi) is 4.09. The molecule has 128 valence electrons. The molecule has 6 heteroatoms. The lowest BCUT2D eigenvalue weighted by atomic mass is 10.0.